The Morgan fingerprint density at radius 2 is 1.71 bits per heavy atom. The van der Waals surface area contributed by atoms with Crippen molar-refractivity contribution in [1.29, 1.82) is 0 Å². The van der Waals surface area contributed by atoms with E-state index >= 15 is 0 Å². The first-order chi connectivity index (χ1) is 13.5. The van der Waals surface area contributed by atoms with Gasteiger partial charge in [-0.2, -0.15) is 0 Å². The molecule has 0 unspecified atom stereocenters. The van der Waals surface area contributed by atoms with Crippen molar-refractivity contribution < 1.29 is 13.4 Å². The third-order valence-corrected chi connectivity index (χ3v) is 7.42. The summed E-state index contributed by atoms with van der Waals surface area (Å²) in [6.07, 6.45) is 5.99. The van der Waals surface area contributed by atoms with Gasteiger partial charge in [0.15, 0.2) is 11.1 Å². The van der Waals surface area contributed by atoms with Crippen LogP contribution in [0.3, 0.4) is 0 Å². The summed E-state index contributed by atoms with van der Waals surface area (Å²) in [7, 11) is -3.62. The number of aromatic amines is 1. The summed E-state index contributed by atoms with van der Waals surface area (Å²) in [4.78, 5) is 6.21. The summed E-state index contributed by atoms with van der Waals surface area (Å²) < 4.78 is 27.1. The van der Waals surface area contributed by atoms with E-state index in [1.54, 1.807) is 18.3 Å². The van der Waals surface area contributed by atoms with Crippen LogP contribution in [0.15, 0.2) is 58.5 Å². The molecule has 0 atom stereocenters. The van der Waals surface area contributed by atoms with Crippen LogP contribution in [0.5, 0.6) is 0 Å². The third kappa shape index (κ3) is 3.39. The van der Waals surface area contributed by atoms with Crippen LogP contribution >= 0.6 is 0 Å². The molecule has 2 aromatic carbocycles. The molecular formula is C23H27N2O2S+. The molecule has 1 fully saturated rings. The molecule has 3 aromatic rings. The van der Waals surface area contributed by atoms with E-state index in [-0.39, 0.29) is 0 Å². The lowest BCUT2D eigenvalue weighted by molar-refractivity contribution is -0.347. The van der Waals surface area contributed by atoms with Crippen LogP contribution in [0, 0.1) is 6.92 Å². The summed E-state index contributed by atoms with van der Waals surface area (Å²) in [6, 6.07) is 13.4. The minimum absolute atomic E-state index is 0.343. The van der Waals surface area contributed by atoms with Gasteiger partial charge in [-0.25, -0.2) is 13.4 Å². The number of pyridine rings is 1. The molecule has 4 rings (SSSR count). The zero-order valence-corrected chi connectivity index (χ0v) is 17.3. The molecule has 28 heavy (non-hydrogen) atoms. The SMILES string of the molecule is CCc1ccc2[nH+]cc(S(=O)(=O)c3ccc(C)cc3)c(N3CCCCC3)c2c1. The predicted molar refractivity (Wildman–Crippen MR) is 113 cm³/mol. The van der Waals surface area contributed by atoms with Crippen molar-refractivity contribution in [1.82, 2.24) is 0 Å². The Morgan fingerprint density at radius 3 is 2.39 bits per heavy atom. The molecule has 0 saturated carbocycles. The molecule has 0 spiro atoms. The van der Waals surface area contributed by atoms with E-state index in [2.05, 4.69) is 35.0 Å². The zero-order chi connectivity index (χ0) is 19.7. The lowest BCUT2D eigenvalue weighted by Gasteiger charge is -2.30. The number of piperidine rings is 1. The van der Waals surface area contributed by atoms with Crippen LogP contribution in [-0.4, -0.2) is 21.5 Å². The van der Waals surface area contributed by atoms with Crippen molar-refractivity contribution in [2.45, 2.75) is 49.3 Å². The van der Waals surface area contributed by atoms with Crippen molar-refractivity contribution in [2.75, 3.05) is 18.0 Å². The Hall–Kier alpha value is -2.40. The number of hydrogen-bond donors (Lipinski definition) is 0. The quantitative estimate of drug-likeness (QED) is 0.660. The summed E-state index contributed by atoms with van der Waals surface area (Å²) in [5.41, 5.74) is 4.09. The Labute approximate surface area is 167 Å². The first-order valence-electron chi connectivity index (χ1n) is 10.0. The highest BCUT2D eigenvalue weighted by molar-refractivity contribution is 7.91. The number of aryl methyl sites for hydroxylation is 2. The van der Waals surface area contributed by atoms with E-state index in [4.69, 9.17) is 0 Å². The molecule has 146 valence electrons. The number of H-pyrrole nitrogens is 1. The van der Waals surface area contributed by atoms with Gasteiger partial charge in [0, 0.05) is 19.2 Å². The van der Waals surface area contributed by atoms with E-state index in [1.165, 1.54) is 12.0 Å². The number of nitrogens with zero attached hydrogens (tertiary/aromatic N) is 1. The van der Waals surface area contributed by atoms with Crippen molar-refractivity contribution in [2.24, 2.45) is 0 Å². The molecule has 0 bridgehead atoms. The Kier molecular flexibility index (Phi) is 5.11. The molecule has 1 aliphatic heterocycles. The van der Waals surface area contributed by atoms with Gasteiger partial charge in [-0.05, 0) is 56.4 Å². The monoisotopic (exact) mass is 395 g/mol. The van der Waals surface area contributed by atoms with Gasteiger partial charge in [-0.1, -0.05) is 30.7 Å². The van der Waals surface area contributed by atoms with Crippen LogP contribution in [0.2, 0.25) is 0 Å². The van der Waals surface area contributed by atoms with Crippen LogP contribution in [0.4, 0.5) is 5.69 Å². The lowest BCUT2D eigenvalue weighted by atomic mass is 10.0. The molecule has 0 radical (unpaired) electrons. The summed E-state index contributed by atoms with van der Waals surface area (Å²) in [5, 5.41) is 0.995. The zero-order valence-electron chi connectivity index (χ0n) is 16.5. The smallest absolute Gasteiger partial charge is 0.214 e. The fraction of sp³-hybridized carbons (Fsp3) is 0.348. The largest absolute Gasteiger partial charge is 0.370 e. The molecule has 1 N–H and O–H groups in total. The highest BCUT2D eigenvalue weighted by Crippen LogP contribution is 2.36. The molecule has 0 aliphatic carbocycles. The number of anilines is 1. The third-order valence-electron chi connectivity index (χ3n) is 5.63. The maximum atomic E-state index is 13.6. The van der Waals surface area contributed by atoms with Crippen LogP contribution in [0.25, 0.3) is 10.9 Å². The van der Waals surface area contributed by atoms with Gasteiger partial charge in [-0.15, -0.1) is 0 Å². The Morgan fingerprint density at radius 1 is 1.00 bits per heavy atom. The second kappa shape index (κ2) is 7.55. The number of rotatable bonds is 4. The summed E-state index contributed by atoms with van der Waals surface area (Å²) in [6.45, 7) is 5.88. The molecular weight excluding hydrogens is 368 g/mol. The maximum absolute atomic E-state index is 13.6. The van der Waals surface area contributed by atoms with E-state index in [0.717, 1.165) is 54.5 Å². The van der Waals surface area contributed by atoms with Gasteiger partial charge in [-0.3, -0.25) is 0 Å². The maximum Gasteiger partial charge on any atom is 0.214 e. The van der Waals surface area contributed by atoms with E-state index < -0.39 is 9.84 Å². The average Bonchev–Trinajstić information content (AvgIpc) is 2.73. The van der Waals surface area contributed by atoms with E-state index in [1.807, 2.05) is 19.1 Å². The molecule has 5 heteroatoms. The summed E-state index contributed by atoms with van der Waals surface area (Å²) in [5.74, 6) is 0. The molecule has 2 heterocycles. The van der Waals surface area contributed by atoms with Crippen LogP contribution in [0.1, 0.15) is 37.3 Å². The fourth-order valence-electron chi connectivity index (χ4n) is 3.97. The van der Waals surface area contributed by atoms with Gasteiger partial charge in [0.05, 0.1) is 16.0 Å². The number of hydrogen-bond acceptors (Lipinski definition) is 3. The van der Waals surface area contributed by atoms with Crippen molar-refractivity contribution >= 4 is 26.4 Å². The Bertz CT molecular complexity index is 1100. The van der Waals surface area contributed by atoms with Gasteiger partial charge in [0.25, 0.3) is 0 Å². The topological polar surface area (TPSA) is 51.5 Å². The lowest BCUT2D eigenvalue weighted by Crippen LogP contribution is -2.31. The van der Waals surface area contributed by atoms with Gasteiger partial charge < -0.3 is 4.90 Å². The van der Waals surface area contributed by atoms with Crippen LogP contribution < -0.4 is 9.88 Å². The standard InChI is InChI=1S/C23H26N2O2S/c1-3-18-9-12-21-20(15-18)23(25-13-5-4-6-14-25)22(16-24-21)28(26,27)19-10-7-17(2)8-11-19/h7-12,15-16H,3-6,13-14H2,1-2H3/p+1. The molecule has 1 aromatic heterocycles. The van der Waals surface area contributed by atoms with Crippen molar-refractivity contribution in [3.8, 4) is 0 Å². The Balaban J connectivity index is 1.97. The number of nitrogens with one attached hydrogen (secondary N) is 1. The highest BCUT2D eigenvalue weighted by atomic mass is 32.2. The average molecular weight is 396 g/mol. The van der Waals surface area contributed by atoms with Crippen molar-refractivity contribution in [3.63, 3.8) is 0 Å². The minimum atomic E-state index is -3.62. The molecule has 0 amide bonds. The van der Waals surface area contributed by atoms with Gasteiger partial charge in [0.1, 0.15) is 0 Å². The minimum Gasteiger partial charge on any atom is -0.370 e. The van der Waals surface area contributed by atoms with Crippen LogP contribution in [-0.2, 0) is 16.3 Å². The highest BCUT2D eigenvalue weighted by Gasteiger charge is 2.30. The van der Waals surface area contributed by atoms with E-state index in [0.29, 0.717) is 9.79 Å². The predicted octanol–water partition coefficient (Wildman–Crippen LogP) is 4.35. The first kappa shape index (κ1) is 18.9. The van der Waals surface area contributed by atoms with Crippen molar-refractivity contribution in [3.05, 3.63) is 59.8 Å². The number of sulfone groups is 1. The summed E-state index contributed by atoms with van der Waals surface area (Å²) >= 11 is 0. The normalized spacial score (nSPS) is 15.1. The fourth-order valence-corrected chi connectivity index (χ4v) is 5.43. The van der Waals surface area contributed by atoms with Gasteiger partial charge >= 0.3 is 0 Å². The van der Waals surface area contributed by atoms with Gasteiger partial charge in [0.2, 0.25) is 15.4 Å². The van der Waals surface area contributed by atoms with E-state index in [9.17, 15) is 8.42 Å². The number of benzene rings is 2. The molecule has 4 nitrogen and oxygen atoms in total. The second-order valence-electron chi connectivity index (χ2n) is 7.60. The molecule has 1 aliphatic rings. The number of aromatic nitrogens is 1. The molecule has 1 saturated heterocycles. The first-order valence-corrected chi connectivity index (χ1v) is 11.5. The number of fused-ring (bicyclic) bond motifs is 1. The second-order valence-corrected chi connectivity index (χ2v) is 9.52.